The predicted octanol–water partition coefficient (Wildman–Crippen LogP) is 1.44. The highest BCUT2D eigenvalue weighted by Crippen LogP contribution is 2.40. The maximum atomic E-state index is 12.2. The van der Waals surface area contributed by atoms with Gasteiger partial charge in [-0.3, -0.25) is 4.79 Å². The van der Waals surface area contributed by atoms with Gasteiger partial charge in [0.1, 0.15) is 10.7 Å². The summed E-state index contributed by atoms with van der Waals surface area (Å²) < 4.78 is 0. The van der Waals surface area contributed by atoms with E-state index >= 15 is 0 Å². The Morgan fingerprint density at radius 2 is 2.30 bits per heavy atom. The first kappa shape index (κ1) is 15.1. The summed E-state index contributed by atoms with van der Waals surface area (Å²) in [5.74, 6) is 0.0401. The lowest BCUT2D eigenvalue weighted by atomic mass is 9.64. The van der Waals surface area contributed by atoms with Crippen molar-refractivity contribution in [1.82, 2.24) is 10.3 Å². The second-order valence-corrected chi connectivity index (χ2v) is 6.76. The molecule has 112 valence electrons. The third-order valence-corrected chi connectivity index (χ3v) is 4.93. The molecule has 1 fully saturated rings. The molecule has 0 bridgehead atoms. The fourth-order valence-electron chi connectivity index (χ4n) is 2.17. The van der Waals surface area contributed by atoms with Gasteiger partial charge < -0.3 is 21.5 Å². The number of aliphatic hydroxyl groups is 1. The van der Waals surface area contributed by atoms with E-state index in [0.717, 1.165) is 13.0 Å². The molecule has 0 saturated heterocycles. The number of nitrogens with two attached hydrogens (primary N) is 1. The van der Waals surface area contributed by atoms with Crippen molar-refractivity contribution in [3.8, 4) is 0 Å². The Bertz CT molecular complexity index is 501. The molecule has 0 spiro atoms. The molecule has 2 rings (SSSR count). The smallest absolute Gasteiger partial charge is 0.265 e. The van der Waals surface area contributed by atoms with Crippen LogP contribution in [-0.4, -0.2) is 34.7 Å². The topological polar surface area (TPSA) is 100 Å². The molecule has 1 saturated carbocycles. The van der Waals surface area contributed by atoms with E-state index in [1.54, 1.807) is 0 Å². The highest BCUT2D eigenvalue weighted by molar-refractivity contribution is 7.18. The van der Waals surface area contributed by atoms with Gasteiger partial charge in [0.05, 0.1) is 6.10 Å². The third kappa shape index (κ3) is 2.73. The van der Waals surface area contributed by atoms with E-state index in [2.05, 4.69) is 22.5 Å². The number of aliphatic hydroxyl groups excluding tert-OH is 1. The van der Waals surface area contributed by atoms with Crippen LogP contribution in [0.3, 0.4) is 0 Å². The number of nitrogen functional groups attached to an aromatic ring is 1. The summed E-state index contributed by atoms with van der Waals surface area (Å²) in [7, 11) is 0. The third-order valence-electron chi connectivity index (χ3n) is 3.91. The van der Waals surface area contributed by atoms with E-state index in [1.807, 2.05) is 13.8 Å². The zero-order chi connectivity index (χ0) is 14.9. The van der Waals surface area contributed by atoms with Gasteiger partial charge in [-0.15, -0.1) is 0 Å². The molecular formula is C13H22N4O2S. The minimum Gasteiger partial charge on any atom is -0.392 e. The molecule has 6 nitrogen and oxygen atoms in total. The lowest BCUT2D eigenvalue weighted by Crippen LogP contribution is -2.61. The SMILES string of the molecule is CCCNc1nc(N)c(C(=O)NC2CC(O)C2(C)C)s1. The number of thiazole rings is 1. The zero-order valence-electron chi connectivity index (χ0n) is 12.1. The first-order chi connectivity index (χ1) is 9.36. The van der Waals surface area contributed by atoms with Crippen LogP contribution in [0.5, 0.6) is 0 Å². The van der Waals surface area contributed by atoms with Crippen LogP contribution in [0, 0.1) is 5.41 Å². The number of rotatable bonds is 5. The Hall–Kier alpha value is -1.34. The van der Waals surface area contributed by atoms with Gasteiger partial charge in [0.25, 0.3) is 5.91 Å². The van der Waals surface area contributed by atoms with E-state index in [-0.39, 0.29) is 29.3 Å². The molecule has 1 aliphatic carbocycles. The van der Waals surface area contributed by atoms with Crippen molar-refractivity contribution >= 4 is 28.2 Å². The van der Waals surface area contributed by atoms with Crippen LogP contribution in [0.2, 0.25) is 0 Å². The van der Waals surface area contributed by atoms with Crippen molar-refractivity contribution in [3.05, 3.63) is 4.88 Å². The van der Waals surface area contributed by atoms with E-state index in [1.165, 1.54) is 11.3 Å². The van der Waals surface area contributed by atoms with Crippen LogP contribution in [0.15, 0.2) is 0 Å². The molecule has 2 atom stereocenters. The molecule has 1 amide bonds. The number of amides is 1. The summed E-state index contributed by atoms with van der Waals surface area (Å²) in [6.45, 7) is 6.74. The number of anilines is 2. The van der Waals surface area contributed by atoms with Gasteiger partial charge in [-0.05, 0) is 12.8 Å². The van der Waals surface area contributed by atoms with Gasteiger partial charge in [-0.25, -0.2) is 4.98 Å². The van der Waals surface area contributed by atoms with Crippen LogP contribution in [-0.2, 0) is 0 Å². The molecule has 1 aliphatic rings. The molecule has 2 unspecified atom stereocenters. The van der Waals surface area contributed by atoms with E-state index < -0.39 is 0 Å². The fourth-order valence-corrected chi connectivity index (χ4v) is 2.99. The number of carbonyl (C=O) groups excluding carboxylic acids is 1. The molecule has 20 heavy (non-hydrogen) atoms. The maximum absolute atomic E-state index is 12.2. The van der Waals surface area contributed by atoms with E-state index in [4.69, 9.17) is 5.73 Å². The monoisotopic (exact) mass is 298 g/mol. The molecule has 0 radical (unpaired) electrons. The lowest BCUT2D eigenvalue weighted by molar-refractivity contribution is -0.0689. The number of hydrogen-bond acceptors (Lipinski definition) is 6. The van der Waals surface area contributed by atoms with Gasteiger partial charge in [0, 0.05) is 18.0 Å². The highest BCUT2D eigenvalue weighted by atomic mass is 32.1. The van der Waals surface area contributed by atoms with Crippen LogP contribution in [0.1, 0.15) is 43.3 Å². The van der Waals surface area contributed by atoms with Crippen LogP contribution >= 0.6 is 11.3 Å². The summed E-state index contributed by atoms with van der Waals surface area (Å²) in [5.41, 5.74) is 5.50. The second-order valence-electron chi connectivity index (χ2n) is 5.76. The van der Waals surface area contributed by atoms with Gasteiger partial charge in [-0.1, -0.05) is 32.1 Å². The highest BCUT2D eigenvalue weighted by Gasteiger charge is 2.48. The van der Waals surface area contributed by atoms with Crippen LogP contribution in [0.4, 0.5) is 10.9 Å². The summed E-state index contributed by atoms with van der Waals surface area (Å²) in [4.78, 5) is 16.8. The van der Waals surface area contributed by atoms with Gasteiger partial charge in [0.15, 0.2) is 5.13 Å². The van der Waals surface area contributed by atoms with Crippen molar-refractivity contribution in [2.24, 2.45) is 5.41 Å². The maximum Gasteiger partial charge on any atom is 0.265 e. The Balaban J connectivity index is 2.01. The summed E-state index contributed by atoms with van der Waals surface area (Å²) >= 11 is 1.26. The molecule has 1 aromatic heterocycles. The first-order valence-corrected chi connectivity index (χ1v) is 7.67. The predicted molar refractivity (Wildman–Crippen MR) is 81.0 cm³/mol. The summed E-state index contributed by atoms with van der Waals surface area (Å²) in [6, 6.07) is -0.0291. The molecule has 5 N–H and O–H groups in total. The van der Waals surface area contributed by atoms with Crippen molar-refractivity contribution in [3.63, 3.8) is 0 Å². The largest absolute Gasteiger partial charge is 0.392 e. The zero-order valence-corrected chi connectivity index (χ0v) is 12.9. The Kier molecular flexibility index (Phi) is 4.19. The minimum atomic E-state index is -0.367. The van der Waals surface area contributed by atoms with Crippen molar-refractivity contribution in [1.29, 1.82) is 0 Å². The van der Waals surface area contributed by atoms with Crippen molar-refractivity contribution < 1.29 is 9.90 Å². The second kappa shape index (κ2) is 5.57. The molecule has 1 heterocycles. The van der Waals surface area contributed by atoms with E-state index in [0.29, 0.717) is 16.4 Å². The Labute approximate surface area is 122 Å². The molecular weight excluding hydrogens is 276 g/mol. The molecule has 1 aromatic rings. The lowest BCUT2D eigenvalue weighted by Gasteiger charge is -2.49. The van der Waals surface area contributed by atoms with Crippen molar-refractivity contribution in [2.45, 2.75) is 45.8 Å². The summed E-state index contributed by atoms with van der Waals surface area (Å²) in [6.07, 6.45) is 1.20. The van der Waals surface area contributed by atoms with Crippen LogP contribution in [0.25, 0.3) is 0 Å². The Morgan fingerprint density at radius 3 is 2.85 bits per heavy atom. The number of nitrogens with zero attached hydrogens (tertiary/aromatic N) is 1. The normalized spacial score (nSPS) is 24.0. The van der Waals surface area contributed by atoms with Crippen LogP contribution < -0.4 is 16.4 Å². The molecule has 7 heteroatoms. The summed E-state index contributed by atoms with van der Waals surface area (Å²) in [5, 5.41) is 16.4. The average Bonchev–Trinajstić information content (AvgIpc) is 2.77. The van der Waals surface area contributed by atoms with Gasteiger partial charge in [-0.2, -0.15) is 0 Å². The number of carbonyl (C=O) groups is 1. The Morgan fingerprint density at radius 1 is 1.60 bits per heavy atom. The first-order valence-electron chi connectivity index (χ1n) is 6.85. The van der Waals surface area contributed by atoms with E-state index in [9.17, 15) is 9.90 Å². The number of nitrogens with one attached hydrogen (secondary N) is 2. The fraction of sp³-hybridized carbons (Fsp3) is 0.692. The minimum absolute atomic E-state index is 0.0291. The number of hydrogen-bond donors (Lipinski definition) is 4. The average molecular weight is 298 g/mol. The molecule has 0 aliphatic heterocycles. The van der Waals surface area contributed by atoms with Gasteiger partial charge >= 0.3 is 0 Å². The molecule has 0 aromatic carbocycles. The van der Waals surface area contributed by atoms with Crippen molar-refractivity contribution in [2.75, 3.05) is 17.6 Å². The quantitative estimate of drug-likeness (QED) is 0.659. The van der Waals surface area contributed by atoms with Gasteiger partial charge in [0.2, 0.25) is 0 Å². The number of aromatic nitrogens is 1. The standard InChI is InChI=1S/C13H22N4O2S/c1-4-5-15-12-17-10(14)9(20-12)11(19)16-7-6-8(18)13(7,2)3/h7-8,18H,4-6,14H2,1-3H3,(H,15,17)(H,16,19).